The molecule has 0 aliphatic rings. The lowest BCUT2D eigenvalue weighted by molar-refractivity contribution is -0.117. The topological polar surface area (TPSA) is 36.1 Å². The largest absolute Gasteiger partial charge is 0.361 e. The highest BCUT2D eigenvalue weighted by molar-refractivity contribution is 5.97. The van der Waals surface area contributed by atoms with Crippen molar-refractivity contribution in [2.24, 2.45) is 0 Å². The minimum atomic E-state index is 0.0867. The molecule has 3 nitrogen and oxygen atoms in total. The first kappa shape index (κ1) is 13.4. The van der Waals surface area contributed by atoms with Gasteiger partial charge in [-0.3, -0.25) is 4.79 Å². The van der Waals surface area contributed by atoms with Crippen LogP contribution in [-0.2, 0) is 11.2 Å². The highest BCUT2D eigenvalue weighted by atomic mass is 16.2. The van der Waals surface area contributed by atoms with Crippen LogP contribution < -0.4 is 4.90 Å². The number of nitrogens with one attached hydrogen (secondary N) is 1. The standard InChI is InChI=1S/C18H18N2O/c1-13-7-9-15(10-8-13)20(2)18(21)11-14-12-19-17-6-4-3-5-16(14)17/h3-10,12,19H,11H2,1-2H3. The second-order valence-electron chi connectivity index (χ2n) is 5.32. The van der Waals surface area contributed by atoms with Gasteiger partial charge >= 0.3 is 0 Å². The number of fused-ring (bicyclic) bond motifs is 1. The molecule has 0 aliphatic carbocycles. The fraction of sp³-hybridized carbons (Fsp3) is 0.167. The van der Waals surface area contributed by atoms with Crippen molar-refractivity contribution in [3.8, 4) is 0 Å². The highest BCUT2D eigenvalue weighted by Crippen LogP contribution is 2.20. The number of rotatable bonds is 3. The van der Waals surface area contributed by atoms with E-state index in [1.165, 1.54) is 5.56 Å². The average molecular weight is 278 g/mol. The van der Waals surface area contributed by atoms with E-state index in [1.807, 2.05) is 68.7 Å². The number of carbonyl (C=O) groups is 1. The molecule has 1 heterocycles. The molecule has 0 saturated heterocycles. The van der Waals surface area contributed by atoms with Crippen molar-refractivity contribution in [1.82, 2.24) is 4.98 Å². The van der Waals surface area contributed by atoms with Crippen LogP contribution in [-0.4, -0.2) is 17.9 Å². The summed E-state index contributed by atoms with van der Waals surface area (Å²) in [6.45, 7) is 2.04. The van der Waals surface area contributed by atoms with Crippen molar-refractivity contribution >= 4 is 22.5 Å². The molecule has 0 atom stereocenters. The molecule has 3 rings (SSSR count). The zero-order chi connectivity index (χ0) is 14.8. The number of hydrogen-bond donors (Lipinski definition) is 1. The van der Waals surface area contributed by atoms with Gasteiger partial charge < -0.3 is 9.88 Å². The fourth-order valence-electron chi connectivity index (χ4n) is 2.47. The minimum absolute atomic E-state index is 0.0867. The molecule has 0 bridgehead atoms. The number of likely N-dealkylation sites (N-methyl/N-ethyl adjacent to an activating group) is 1. The van der Waals surface area contributed by atoms with Crippen LogP contribution in [0.15, 0.2) is 54.7 Å². The van der Waals surface area contributed by atoms with Crippen molar-refractivity contribution in [1.29, 1.82) is 0 Å². The van der Waals surface area contributed by atoms with Crippen LogP contribution in [0.4, 0.5) is 5.69 Å². The Labute approximate surface area is 124 Å². The first-order chi connectivity index (χ1) is 10.1. The Hall–Kier alpha value is -2.55. The number of carbonyl (C=O) groups excluding carboxylic acids is 1. The van der Waals surface area contributed by atoms with E-state index in [9.17, 15) is 4.79 Å². The van der Waals surface area contributed by atoms with Crippen molar-refractivity contribution in [3.05, 3.63) is 65.9 Å². The first-order valence-electron chi connectivity index (χ1n) is 7.03. The van der Waals surface area contributed by atoms with Crippen molar-refractivity contribution < 1.29 is 4.79 Å². The van der Waals surface area contributed by atoms with Crippen molar-refractivity contribution in [2.75, 3.05) is 11.9 Å². The number of anilines is 1. The fourth-order valence-corrected chi connectivity index (χ4v) is 2.47. The van der Waals surface area contributed by atoms with Gasteiger partial charge in [0.15, 0.2) is 0 Å². The molecular formula is C18H18N2O. The van der Waals surface area contributed by atoms with E-state index in [2.05, 4.69) is 4.98 Å². The van der Waals surface area contributed by atoms with Gasteiger partial charge in [-0.15, -0.1) is 0 Å². The monoisotopic (exact) mass is 278 g/mol. The molecule has 1 amide bonds. The Morgan fingerprint density at radius 2 is 1.81 bits per heavy atom. The van der Waals surface area contributed by atoms with Gasteiger partial charge in [0.05, 0.1) is 6.42 Å². The third-order valence-corrected chi connectivity index (χ3v) is 3.81. The van der Waals surface area contributed by atoms with Gasteiger partial charge in [-0.05, 0) is 30.7 Å². The van der Waals surface area contributed by atoms with Crippen LogP contribution in [0.3, 0.4) is 0 Å². The summed E-state index contributed by atoms with van der Waals surface area (Å²) in [6.07, 6.45) is 2.32. The minimum Gasteiger partial charge on any atom is -0.361 e. The Bertz CT molecular complexity index is 771. The van der Waals surface area contributed by atoms with Crippen molar-refractivity contribution in [3.63, 3.8) is 0 Å². The van der Waals surface area contributed by atoms with E-state index in [0.717, 1.165) is 22.2 Å². The number of aromatic nitrogens is 1. The summed E-state index contributed by atoms with van der Waals surface area (Å²) in [5.41, 5.74) is 4.22. The summed E-state index contributed by atoms with van der Waals surface area (Å²) in [5, 5.41) is 1.11. The van der Waals surface area contributed by atoms with Gasteiger partial charge in [0.1, 0.15) is 0 Å². The molecule has 1 N–H and O–H groups in total. The average Bonchev–Trinajstić information content (AvgIpc) is 2.91. The number of hydrogen-bond acceptors (Lipinski definition) is 1. The number of aromatic amines is 1. The number of nitrogens with zero attached hydrogens (tertiary/aromatic N) is 1. The molecule has 3 heteroatoms. The lowest BCUT2D eigenvalue weighted by Gasteiger charge is -2.17. The Morgan fingerprint density at radius 1 is 1.10 bits per heavy atom. The summed E-state index contributed by atoms with van der Waals surface area (Å²) in [6, 6.07) is 16.0. The first-order valence-corrected chi connectivity index (χ1v) is 7.03. The van der Waals surface area contributed by atoms with Gasteiger partial charge in [-0.1, -0.05) is 35.9 Å². The van der Waals surface area contributed by atoms with E-state index in [0.29, 0.717) is 6.42 Å². The third kappa shape index (κ3) is 2.68. The normalized spacial score (nSPS) is 10.8. The maximum atomic E-state index is 12.5. The molecule has 3 aromatic rings. The van der Waals surface area contributed by atoms with Crippen LogP contribution >= 0.6 is 0 Å². The Morgan fingerprint density at radius 3 is 2.57 bits per heavy atom. The number of para-hydroxylation sites is 1. The number of H-pyrrole nitrogens is 1. The number of aryl methyl sites for hydroxylation is 1. The van der Waals surface area contributed by atoms with Crippen molar-refractivity contribution in [2.45, 2.75) is 13.3 Å². The molecule has 0 spiro atoms. The molecule has 106 valence electrons. The highest BCUT2D eigenvalue weighted by Gasteiger charge is 2.13. The second kappa shape index (κ2) is 5.44. The Kier molecular flexibility index (Phi) is 3.48. The van der Waals surface area contributed by atoms with E-state index in [1.54, 1.807) is 4.90 Å². The molecule has 21 heavy (non-hydrogen) atoms. The predicted molar refractivity (Wildman–Crippen MR) is 86.6 cm³/mol. The molecule has 0 radical (unpaired) electrons. The van der Waals surface area contributed by atoms with Crippen LogP contribution in [0.1, 0.15) is 11.1 Å². The van der Waals surface area contributed by atoms with E-state index in [-0.39, 0.29) is 5.91 Å². The molecule has 0 fully saturated rings. The predicted octanol–water partition coefficient (Wildman–Crippen LogP) is 3.68. The zero-order valence-corrected chi connectivity index (χ0v) is 12.3. The quantitative estimate of drug-likeness (QED) is 0.779. The SMILES string of the molecule is Cc1ccc(N(C)C(=O)Cc2c[nH]c3ccccc23)cc1. The summed E-state index contributed by atoms with van der Waals surface area (Å²) in [4.78, 5) is 17.4. The third-order valence-electron chi connectivity index (χ3n) is 3.81. The second-order valence-corrected chi connectivity index (χ2v) is 5.32. The van der Waals surface area contributed by atoms with Gasteiger partial charge in [-0.25, -0.2) is 0 Å². The van der Waals surface area contributed by atoms with Gasteiger partial charge in [0, 0.05) is 29.8 Å². The smallest absolute Gasteiger partial charge is 0.231 e. The van der Waals surface area contributed by atoms with Gasteiger partial charge in [0.2, 0.25) is 5.91 Å². The summed E-state index contributed by atoms with van der Waals surface area (Å²) in [5.74, 6) is 0.0867. The maximum Gasteiger partial charge on any atom is 0.231 e. The summed E-state index contributed by atoms with van der Waals surface area (Å²) in [7, 11) is 1.82. The zero-order valence-electron chi connectivity index (χ0n) is 12.3. The molecule has 2 aromatic carbocycles. The lowest BCUT2D eigenvalue weighted by Crippen LogP contribution is -2.27. The molecule has 0 saturated carbocycles. The van der Waals surface area contributed by atoms with E-state index in [4.69, 9.17) is 0 Å². The lowest BCUT2D eigenvalue weighted by atomic mass is 10.1. The van der Waals surface area contributed by atoms with Crippen LogP contribution in [0.5, 0.6) is 0 Å². The maximum absolute atomic E-state index is 12.5. The van der Waals surface area contributed by atoms with Crippen LogP contribution in [0.2, 0.25) is 0 Å². The molecule has 0 aliphatic heterocycles. The van der Waals surface area contributed by atoms with E-state index >= 15 is 0 Å². The van der Waals surface area contributed by atoms with Gasteiger partial charge in [-0.2, -0.15) is 0 Å². The summed E-state index contributed by atoms with van der Waals surface area (Å²) >= 11 is 0. The number of benzene rings is 2. The summed E-state index contributed by atoms with van der Waals surface area (Å²) < 4.78 is 0. The van der Waals surface area contributed by atoms with Crippen LogP contribution in [0, 0.1) is 6.92 Å². The van der Waals surface area contributed by atoms with Gasteiger partial charge in [0.25, 0.3) is 0 Å². The molecular weight excluding hydrogens is 260 g/mol. The van der Waals surface area contributed by atoms with Crippen LogP contribution in [0.25, 0.3) is 10.9 Å². The molecule has 1 aromatic heterocycles. The number of amides is 1. The Balaban J connectivity index is 1.81. The van der Waals surface area contributed by atoms with E-state index < -0.39 is 0 Å². The molecule has 0 unspecified atom stereocenters.